The molecule has 190 valence electrons. The van der Waals surface area contributed by atoms with Gasteiger partial charge in [0.2, 0.25) is 11.8 Å². The highest BCUT2D eigenvalue weighted by molar-refractivity contribution is 7.19. The smallest absolute Gasteiger partial charge is 0.248 e. The molecule has 1 aromatic heterocycles. The second-order valence-corrected chi connectivity index (χ2v) is 10.0. The number of amides is 2. The summed E-state index contributed by atoms with van der Waals surface area (Å²) in [4.78, 5) is 30.4. The van der Waals surface area contributed by atoms with Crippen LogP contribution in [0.4, 0.5) is 13.9 Å². The quantitative estimate of drug-likeness (QED) is 0.394. The molecule has 0 aliphatic heterocycles. The summed E-state index contributed by atoms with van der Waals surface area (Å²) in [5, 5.41) is 5.74. The van der Waals surface area contributed by atoms with Crippen LogP contribution in [0.2, 0.25) is 0 Å². The predicted molar refractivity (Wildman–Crippen MR) is 136 cm³/mol. The second kappa shape index (κ2) is 11.7. The molecule has 1 heterocycles. The first kappa shape index (κ1) is 25.9. The summed E-state index contributed by atoms with van der Waals surface area (Å²) in [7, 11) is 0. The fraction of sp³-hybridized carbons (Fsp3) is 0.370. The molecule has 2 aromatic carbocycles. The van der Waals surface area contributed by atoms with Crippen LogP contribution in [-0.4, -0.2) is 28.9 Å². The van der Waals surface area contributed by atoms with Gasteiger partial charge in [0, 0.05) is 6.07 Å². The van der Waals surface area contributed by atoms with E-state index in [4.69, 9.17) is 4.74 Å². The molecule has 1 atom stereocenters. The second-order valence-electron chi connectivity index (χ2n) is 9.04. The maximum atomic E-state index is 13.4. The van der Waals surface area contributed by atoms with Crippen molar-refractivity contribution in [3.63, 3.8) is 0 Å². The van der Waals surface area contributed by atoms with Crippen LogP contribution in [0.15, 0.2) is 42.5 Å². The Balaban J connectivity index is 1.37. The zero-order valence-corrected chi connectivity index (χ0v) is 21.1. The fourth-order valence-electron chi connectivity index (χ4n) is 4.30. The fourth-order valence-corrected chi connectivity index (χ4v) is 5.33. The van der Waals surface area contributed by atoms with E-state index in [9.17, 15) is 18.4 Å². The number of benzene rings is 2. The highest BCUT2D eigenvalue weighted by atomic mass is 32.1. The Kier molecular flexibility index (Phi) is 8.43. The van der Waals surface area contributed by atoms with Crippen molar-refractivity contribution in [3.8, 4) is 10.4 Å². The van der Waals surface area contributed by atoms with Gasteiger partial charge < -0.3 is 15.4 Å². The molecular weight excluding hydrogens is 484 g/mol. The number of anilines is 1. The van der Waals surface area contributed by atoms with E-state index in [0.717, 1.165) is 52.7 Å². The molecule has 1 aliphatic carbocycles. The van der Waals surface area contributed by atoms with Gasteiger partial charge in [-0.15, -0.1) is 0 Å². The molecule has 1 unspecified atom stereocenters. The van der Waals surface area contributed by atoms with Crippen molar-refractivity contribution in [2.24, 2.45) is 0 Å². The molecule has 0 radical (unpaired) electrons. The topological polar surface area (TPSA) is 80.3 Å². The third-order valence-electron chi connectivity index (χ3n) is 6.12. The van der Waals surface area contributed by atoms with Crippen molar-refractivity contribution in [2.45, 2.75) is 64.7 Å². The highest BCUT2D eigenvalue weighted by Gasteiger charge is 2.21. The number of hydrogen-bond donors (Lipinski definition) is 2. The van der Waals surface area contributed by atoms with Crippen LogP contribution in [0.3, 0.4) is 0 Å². The lowest BCUT2D eigenvalue weighted by atomic mass is 10.1. The van der Waals surface area contributed by atoms with Crippen molar-refractivity contribution in [1.29, 1.82) is 0 Å². The minimum Gasteiger partial charge on any atom is -0.374 e. The van der Waals surface area contributed by atoms with E-state index >= 15 is 0 Å². The van der Waals surface area contributed by atoms with Gasteiger partial charge >= 0.3 is 0 Å². The van der Waals surface area contributed by atoms with Gasteiger partial charge in [0.05, 0.1) is 29.7 Å². The third-order valence-corrected chi connectivity index (χ3v) is 7.23. The number of aromatic nitrogens is 1. The molecule has 0 spiro atoms. The van der Waals surface area contributed by atoms with Crippen LogP contribution < -0.4 is 10.6 Å². The molecular formula is C27H29F2N3O3S. The summed E-state index contributed by atoms with van der Waals surface area (Å²) in [5.74, 6) is -2.47. The Morgan fingerprint density at radius 3 is 2.56 bits per heavy atom. The van der Waals surface area contributed by atoms with Gasteiger partial charge in [-0.1, -0.05) is 48.4 Å². The lowest BCUT2D eigenvalue weighted by molar-refractivity contribution is -0.125. The van der Waals surface area contributed by atoms with Gasteiger partial charge in [0.25, 0.3) is 0 Å². The molecule has 2 N–H and O–H groups in total. The Morgan fingerprint density at radius 2 is 1.83 bits per heavy atom. The maximum absolute atomic E-state index is 13.4. The highest BCUT2D eigenvalue weighted by Crippen LogP contribution is 2.35. The van der Waals surface area contributed by atoms with Crippen molar-refractivity contribution in [3.05, 3.63) is 70.9 Å². The van der Waals surface area contributed by atoms with E-state index in [-0.39, 0.29) is 12.0 Å². The summed E-state index contributed by atoms with van der Waals surface area (Å²) >= 11 is 1.36. The molecule has 1 saturated carbocycles. The number of thiazole rings is 1. The van der Waals surface area contributed by atoms with Gasteiger partial charge in [-0.05, 0) is 55.5 Å². The Hall–Kier alpha value is -3.17. The van der Waals surface area contributed by atoms with Gasteiger partial charge in [-0.2, -0.15) is 0 Å². The zero-order valence-electron chi connectivity index (χ0n) is 20.3. The van der Waals surface area contributed by atoms with Crippen LogP contribution in [0.1, 0.15) is 49.4 Å². The van der Waals surface area contributed by atoms with Gasteiger partial charge in [0.15, 0.2) is 5.13 Å². The summed E-state index contributed by atoms with van der Waals surface area (Å²) in [6, 6.07) is 10.1. The largest absolute Gasteiger partial charge is 0.374 e. The summed E-state index contributed by atoms with van der Waals surface area (Å²) < 4.78 is 32.8. The number of aryl methyl sites for hydroxylation is 1. The SMILES string of the molecule is Cc1nc(NC(=O)C(C)NC(=O)Cc2cc(F)cc(F)c2)sc1-c1ccccc1COC1CCCC1. The number of halogens is 2. The van der Waals surface area contributed by atoms with Gasteiger partial charge in [-0.3, -0.25) is 9.59 Å². The molecule has 36 heavy (non-hydrogen) atoms. The van der Waals surface area contributed by atoms with Crippen LogP contribution in [0.25, 0.3) is 10.4 Å². The first-order valence-electron chi connectivity index (χ1n) is 12.0. The number of nitrogens with zero attached hydrogens (tertiary/aromatic N) is 1. The lowest BCUT2D eigenvalue weighted by Gasteiger charge is -2.14. The first-order valence-corrected chi connectivity index (χ1v) is 12.8. The van der Waals surface area contributed by atoms with Crippen LogP contribution in [0.5, 0.6) is 0 Å². The van der Waals surface area contributed by atoms with Crippen LogP contribution in [0, 0.1) is 18.6 Å². The Bertz CT molecular complexity index is 1220. The lowest BCUT2D eigenvalue weighted by Crippen LogP contribution is -2.42. The zero-order chi connectivity index (χ0) is 25.7. The average Bonchev–Trinajstić information content (AvgIpc) is 3.46. The molecule has 4 rings (SSSR count). The summed E-state index contributed by atoms with van der Waals surface area (Å²) in [6.45, 7) is 3.95. The number of carbonyl (C=O) groups excluding carboxylic acids is 2. The molecule has 3 aromatic rings. The maximum Gasteiger partial charge on any atom is 0.248 e. The minimum absolute atomic E-state index is 0.188. The van der Waals surface area contributed by atoms with Crippen molar-refractivity contribution in [1.82, 2.24) is 10.3 Å². The van der Waals surface area contributed by atoms with E-state index in [1.54, 1.807) is 0 Å². The summed E-state index contributed by atoms with van der Waals surface area (Å²) in [5.41, 5.74) is 3.07. The first-order chi connectivity index (χ1) is 17.3. The van der Waals surface area contributed by atoms with Gasteiger partial charge in [-0.25, -0.2) is 13.8 Å². The van der Waals surface area contributed by atoms with Crippen molar-refractivity contribution >= 4 is 28.3 Å². The van der Waals surface area contributed by atoms with Crippen LogP contribution >= 0.6 is 11.3 Å². The van der Waals surface area contributed by atoms with Crippen molar-refractivity contribution < 1.29 is 23.1 Å². The Labute approximate surface area is 213 Å². The number of ether oxygens (including phenoxy) is 1. The Morgan fingerprint density at radius 1 is 1.14 bits per heavy atom. The molecule has 9 heteroatoms. The monoisotopic (exact) mass is 513 g/mol. The number of carbonyl (C=O) groups is 2. The number of rotatable bonds is 9. The van der Waals surface area contributed by atoms with Crippen molar-refractivity contribution in [2.75, 3.05) is 5.32 Å². The predicted octanol–water partition coefficient (Wildman–Crippen LogP) is 5.54. The normalized spacial score (nSPS) is 14.6. The molecule has 1 fully saturated rings. The molecule has 0 saturated heterocycles. The molecule has 1 aliphatic rings. The number of hydrogen-bond acceptors (Lipinski definition) is 5. The van der Waals surface area contributed by atoms with E-state index in [2.05, 4.69) is 15.6 Å². The molecule has 6 nitrogen and oxygen atoms in total. The van der Waals surface area contributed by atoms with E-state index < -0.39 is 29.5 Å². The van der Waals surface area contributed by atoms with Gasteiger partial charge in [0.1, 0.15) is 17.7 Å². The molecule has 0 bridgehead atoms. The molecule has 2 amide bonds. The van der Waals surface area contributed by atoms with E-state index in [1.165, 1.54) is 31.1 Å². The minimum atomic E-state index is -0.865. The summed E-state index contributed by atoms with van der Waals surface area (Å²) in [6.07, 6.45) is 4.70. The van der Waals surface area contributed by atoms with Crippen LogP contribution in [-0.2, 0) is 27.4 Å². The van der Waals surface area contributed by atoms with E-state index in [0.29, 0.717) is 17.8 Å². The average molecular weight is 514 g/mol. The third kappa shape index (κ3) is 6.73. The van der Waals surface area contributed by atoms with E-state index in [1.807, 2.05) is 31.2 Å². The number of nitrogens with one attached hydrogen (secondary N) is 2. The standard InChI is InChI=1S/C27H29F2N3O3S/c1-16-25(23-10-6-3-7-19(23)15-35-22-8-4-5-9-22)36-27(31-16)32-26(34)17(2)30-24(33)13-18-11-20(28)14-21(29)12-18/h3,6-7,10-12,14,17,22H,4-5,8-9,13,15H2,1-2H3,(H,30,33)(H,31,32,34).